The molecule has 1 aliphatic heterocycles. The smallest absolute Gasteiger partial charge is 0.255 e. The SMILES string of the molecule is Cc1cc(NC(=O)c2ccc(C[NH+]3CCOCC3)cc2)ccc1Cl. The van der Waals surface area contributed by atoms with Crippen molar-refractivity contribution in [2.45, 2.75) is 13.5 Å². The Kier molecular flexibility index (Phi) is 5.51. The van der Waals surface area contributed by atoms with Gasteiger partial charge in [-0.15, -0.1) is 0 Å². The van der Waals surface area contributed by atoms with Gasteiger partial charge in [-0.2, -0.15) is 0 Å². The first-order chi connectivity index (χ1) is 11.6. The Morgan fingerprint density at radius 2 is 1.88 bits per heavy atom. The van der Waals surface area contributed by atoms with Crippen LogP contribution in [0.5, 0.6) is 0 Å². The molecule has 126 valence electrons. The van der Waals surface area contributed by atoms with E-state index in [4.69, 9.17) is 16.3 Å². The molecular weight excluding hydrogens is 324 g/mol. The van der Waals surface area contributed by atoms with Crippen molar-refractivity contribution < 1.29 is 14.4 Å². The average Bonchev–Trinajstić information content (AvgIpc) is 2.60. The van der Waals surface area contributed by atoms with Crippen molar-refractivity contribution in [2.75, 3.05) is 31.6 Å². The molecular formula is C19H22ClN2O2+. The van der Waals surface area contributed by atoms with Crippen LogP contribution in [0, 0.1) is 6.92 Å². The van der Waals surface area contributed by atoms with E-state index < -0.39 is 0 Å². The number of morpholine rings is 1. The molecule has 0 unspecified atom stereocenters. The molecule has 3 rings (SSSR count). The number of amides is 1. The molecule has 0 radical (unpaired) electrons. The maximum absolute atomic E-state index is 12.3. The quantitative estimate of drug-likeness (QED) is 0.893. The molecule has 1 aliphatic rings. The Morgan fingerprint density at radius 3 is 2.54 bits per heavy atom. The van der Waals surface area contributed by atoms with Crippen molar-refractivity contribution in [2.24, 2.45) is 0 Å². The van der Waals surface area contributed by atoms with E-state index in [1.54, 1.807) is 6.07 Å². The second-order valence-corrected chi connectivity index (χ2v) is 6.56. The molecule has 24 heavy (non-hydrogen) atoms. The number of carbonyl (C=O) groups is 1. The van der Waals surface area contributed by atoms with Gasteiger partial charge in [0, 0.05) is 21.8 Å². The lowest BCUT2D eigenvalue weighted by Crippen LogP contribution is -3.12. The summed E-state index contributed by atoms with van der Waals surface area (Å²) in [6.07, 6.45) is 0. The number of nitrogens with one attached hydrogen (secondary N) is 2. The number of halogens is 1. The molecule has 1 fully saturated rings. The normalized spacial score (nSPS) is 15.2. The van der Waals surface area contributed by atoms with Crippen LogP contribution in [0.4, 0.5) is 5.69 Å². The first kappa shape index (κ1) is 17.0. The van der Waals surface area contributed by atoms with Gasteiger partial charge in [0.1, 0.15) is 19.6 Å². The molecule has 0 atom stereocenters. The number of carbonyl (C=O) groups excluding carboxylic acids is 1. The monoisotopic (exact) mass is 345 g/mol. The molecule has 4 nitrogen and oxygen atoms in total. The Balaban J connectivity index is 1.61. The van der Waals surface area contributed by atoms with Crippen LogP contribution < -0.4 is 10.2 Å². The van der Waals surface area contributed by atoms with Crippen molar-refractivity contribution in [1.29, 1.82) is 0 Å². The Bertz CT molecular complexity index is 710. The van der Waals surface area contributed by atoms with Gasteiger partial charge in [0.05, 0.1) is 13.2 Å². The molecule has 2 aromatic rings. The van der Waals surface area contributed by atoms with Gasteiger partial charge in [-0.1, -0.05) is 23.7 Å². The Labute approximate surface area is 147 Å². The summed E-state index contributed by atoms with van der Waals surface area (Å²) in [6.45, 7) is 6.63. The lowest BCUT2D eigenvalue weighted by molar-refractivity contribution is -0.921. The summed E-state index contributed by atoms with van der Waals surface area (Å²) < 4.78 is 5.38. The molecule has 0 aromatic heterocycles. The second-order valence-electron chi connectivity index (χ2n) is 6.15. The van der Waals surface area contributed by atoms with E-state index in [0.29, 0.717) is 10.6 Å². The van der Waals surface area contributed by atoms with Gasteiger partial charge in [0.2, 0.25) is 0 Å². The largest absolute Gasteiger partial charge is 0.370 e. The van der Waals surface area contributed by atoms with Crippen molar-refractivity contribution in [3.05, 3.63) is 64.2 Å². The van der Waals surface area contributed by atoms with Crippen molar-refractivity contribution in [3.8, 4) is 0 Å². The van der Waals surface area contributed by atoms with E-state index in [-0.39, 0.29) is 5.91 Å². The van der Waals surface area contributed by atoms with Gasteiger partial charge in [0.25, 0.3) is 5.91 Å². The predicted molar refractivity (Wildman–Crippen MR) is 95.8 cm³/mol. The standard InChI is InChI=1S/C19H21ClN2O2/c1-14-12-17(6-7-18(14)20)21-19(23)16-4-2-15(3-5-16)13-22-8-10-24-11-9-22/h2-7,12H,8-11,13H2,1H3,(H,21,23)/p+1. The van der Waals surface area contributed by atoms with E-state index in [1.165, 1.54) is 10.5 Å². The van der Waals surface area contributed by atoms with Crippen LogP contribution in [0.3, 0.4) is 0 Å². The van der Waals surface area contributed by atoms with Crippen LogP contribution in [0.2, 0.25) is 5.02 Å². The van der Waals surface area contributed by atoms with Crippen LogP contribution in [0.15, 0.2) is 42.5 Å². The molecule has 1 heterocycles. The minimum Gasteiger partial charge on any atom is -0.370 e. The van der Waals surface area contributed by atoms with E-state index in [1.807, 2.05) is 43.3 Å². The van der Waals surface area contributed by atoms with Crippen LogP contribution in [-0.2, 0) is 11.3 Å². The topological polar surface area (TPSA) is 42.8 Å². The van der Waals surface area contributed by atoms with E-state index in [0.717, 1.165) is 44.1 Å². The third-order valence-corrected chi connectivity index (χ3v) is 4.71. The van der Waals surface area contributed by atoms with Gasteiger partial charge in [-0.25, -0.2) is 0 Å². The molecule has 0 saturated carbocycles. The molecule has 0 aliphatic carbocycles. The Morgan fingerprint density at radius 1 is 1.17 bits per heavy atom. The summed E-state index contributed by atoms with van der Waals surface area (Å²) in [7, 11) is 0. The number of quaternary nitrogens is 1. The second kappa shape index (κ2) is 7.79. The highest BCUT2D eigenvalue weighted by atomic mass is 35.5. The summed E-state index contributed by atoms with van der Waals surface area (Å²) in [5.74, 6) is -0.109. The molecule has 5 heteroatoms. The molecule has 1 saturated heterocycles. The molecule has 1 amide bonds. The number of anilines is 1. The minimum atomic E-state index is -0.109. The third kappa shape index (κ3) is 4.35. The summed E-state index contributed by atoms with van der Waals surface area (Å²) in [5.41, 5.74) is 3.59. The van der Waals surface area contributed by atoms with Crippen molar-refractivity contribution >= 4 is 23.2 Å². The van der Waals surface area contributed by atoms with Gasteiger partial charge >= 0.3 is 0 Å². The summed E-state index contributed by atoms with van der Waals surface area (Å²) in [5, 5.41) is 3.60. The highest BCUT2D eigenvalue weighted by molar-refractivity contribution is 6.31. The highest BCUT2D eigenvalue weighted by Gasteiger charge is 2.14. The van der Waals surface area contributed by atoms with E-state index >= 15 is 0 Å². The molecule has 2 aromatic carbocycles. The van der Waals surface area contributed by atoms with Crippen LogP contribution in [0.1, 0.15) is 21.5 Å². The maximum atomic E-state index is 12.3. The fraction of sp³-hybridized carbons (Fsp3) is 0.316. The average molecular weight is 346 g/mol. The predicted octanol–water partition coefficient (Wildman–Crippen LogP) is 2.32. The Hall–Kier alpha value is -1.88. The fourth-order valence-corrected chi connectivity index (χ4v) is 2.94. The molecule has 2 N–H and O–H groups in total. The first-order valence-electron chi connectivity index (χ1n) is 8.19. The van der Waals surface area contributed by atoms with Gasteiger partial charge in [0.15, 0.2) is 0 Å². The zero-order valence-electron chi connectivity index (χ0n) is 13.8. The van der Waals surface area contributed by atoms with Gasteiger partial charge in [-0.05, 0) is 42.8 Å². The van der Waals surface area contributed by atoms with Crippen molar-refractivity contribution in [1.82, 2.24) is 0 Å². The van der Waals surface area contributed by atoms with Crippen LogP contribution in [-0.4, -0.2) is 32.2 Å². The zero-order valence-corrected chi connectivity index (χ0v) is 14.5. The summed E-state index contributed by atoms with van der Waals surface area (Å²) in [6, 6.07) is 13.3. The lowest BCUT2D eigenvalue weighted by atomic mass is 10.1. The fourth-order valence-electron chi connectivity index (χ4n) is 2.83. The first-order valence-corrected chi connectivity index (χ1v) is 8.57. The highest BCUT2D eigenvalue weighted by Crippen LogP contribution is 2.20. The number of benzene rings is 2. The third-order valence-electron chi connectivity index (χ3n) is 4.29. The maximum Gasteiger partial charge on any atom is 0.255 e. The van der Waals surface area contributed by atoms with Gasteiger partial charge < -0.3 is 15.0 Å². The zero-order chi connectivity index (χ0) is 16.9. The van der Waals surface area contributed by atoms with Crippen molar-refractivity contribution in [3.63, 3.8) is 0 Å². The van der Waals surface area contributed by atoms with E-state index in [9.17, 15) is 4.79 Å². The number of aryl methyl sites for hydroxylation is 1. The summed E-state index contributed by atoms with van der Waals surface area (Å²) in [4.78, 5) is 13.9. The van der Waals surface area contributed by atoms with E-state index in [2.05, 4.69) is 5.32 Å². The lowest BCUT2D eigenvalue weighted by Gasteiger charge is -2.23. The number of ether oxygens (including phenoxy) is 1. The molecule has 0 bridgehead atoms. The van der Waals surface area contributed by atoms with Crippen LogP contribution in [0.25, 0.3) is 0 Å². The number of hydrogen-bond donors (Lipinski definition) is 2. The number of rotatable bonds is 4. The molecule has 0 spiro atoms. The minimum absolute atomic E-state index is 0.109. The summed E-state index contributed by atoms with van der Waals surface area (Å²) >= 11 is 6.01. The van der Waals surface area contributed by atoms with Crippen LogP contribution >= 0.6 is 11.6 Å². The number of hydrogen-bond acceptors (Lipinski definition) is 2. The van der Waals surface area contributed by atoms with Gasteiger partial charge in [-0.3, -0.25) is 4.79 Å².